The van der Waals surface area contributed by atoms with Crippen LogP contribution in [0.4, 0.5) is 0 Å². The van der Waals surface area contributed by atoms with Gasteiger partial charge in [0.1, 0.15) is 0 Å². The summed E-state index contributed by atoms with van der Waals surface area (Å²) < 4.78 is 0. The Kier molecular flexibility index (Phi) is 5.86. The van der Waals surface area contributed by atoms with E-state index in [-0.39, 0.29) is 17.7 Å². The van der Waals surface area contributed by atoms with Gasteiger partial charge in [-0.15, -0.1) is 0 Å². The molecule has 2 fully saturated rings. The summed E-state index contributed by atoms with van der Waals surface area (Å²) in [6.45, 7) is 4.45. The van der Waals surface area contributed by atoms with Gasteiger partial charge in [0.15, 0.2) is 0 Å². The van der Waals surface area contributed by atoms with Crippen LogP contribution >= 0.6 is 0 Å². The van der Waals surface area contributed by atoms with Crippen LogP contribution in [0.3, 0.4) is 0 Å². The molecule has 5 heteroatoms. The van der Waals surface area contributed by atoms with Crippen LogP contribution in [-0.2, 0) is 11.3 Å². The van der Waals surface area contributed by atoms with Gasteiger partial charge in [-0.1, -0.05) is 18.6 Å². The highest BCUT2D eigenvalue weighted by Crippen LogP contribution is 2.26. The molecule has 1 aliphatic carbocycles. The first-order valence-electron chi connectivity index (χ1n) is 9.09. The fourth-order valence-corrected chi connectivity index (χ4v) is 3.21. The summed E-state index contributed by atoms with van der Waals surface area (Å²) in [7, 11) is 0. The van der Waals surface area contributed by atoms with Crippen molar-refractivity contribution in [2.75, 3.05) is 26.2 Å². The van der Waals surface area contributed by atoms with Crippen LogP contribution < -0.4 is 10.6 Å². The van der Waals surface area contributed by atoms with Crippen molar-refractivity contribution in [3.05, 3.63) is 35.4 Å². The molecule has 1 heterocycles. The van der Waals surface area contributed by atoms with Crippen LogP contribution in [0.1, 0.15) is 48.0 Å². The summed E-state index contributed by atoms with van der Waals surface area (Å²) in [5.41, 5.74) is 1.70. The number of amides is 2. The average Bonchev–Trinajstić information content (AvgIpc) is 3.05. The lowest BCUT2D eigenvalue weighted by molar-refractivity contribution is -0.127. The number of nitrogens with zero attached hydrogens (tertiary/aromatic N) is 1. The summed E-state index contributed by atoms with van der Waals surface area (Å²) >= 11 is 0. The molecule has 2 amide bonds. The van der Waals surface area contributed by atoms with E-state index in [4.69, 9.17) is 0 Å². The summed E-state index contributed by atoms with van der Waals surface area (Å²) in [6, 6.07) is 7.49. The average molecular weight is 329 g/mol. The number of likely N-dealkylation sites (tertiary alicyclic amines) is 1. The Morgan fingerprint density at radius 3 is 2.33 bits per heavy atom. The Hall–Kier alpha value is -1.88. The molecule has 0 atom stereocenters. The number of rotatable bonds is 7. The van der Waals surface area contributed by atoms with Crippen LogP contribution in [0, 0.1) is 5.92 Å². The van der Waals surface area contributed by atoms with E-state index in [1.807, 2.05) is 24.3 Å². The van der Waals surface area contributed by atoms with Gasteiger partial charge in [0, 0.05) is 31.1 Å². The zero-order valence-electron chi connectivity index (χ0n) is 14.2. The van der Waals surface area contributed by atoms with E-state index in [9.17, 15) is 9.59 Å². The molecule has 2 N–H and O–H groups in total. The second-order valence-corrected chi connectivity index (χ2v) is 6.85. The molecule has 0 spiro atoms. The molecule has 1 saturated heterocycles. The van der Waals surface area contributed by atoms with Gasteiger partial charge in [0.2, 0.25) is 5.91 Å². The molecule has 2 aliphatic rings. The Bertz CT molecular complexity index is 560. The lowest BCUT2D eigenvalue weighted by Gasteiger charge is -2.24. The van der Waals surface area contributed by atoms with Crippen LogP contribution in [0.15, 0.2) is 24.3 Å². The Labute approximate surface area is 143 Å². The molecule has 1 aromatic carbocycles. The normalized spacial score (nSPS) is 18.2. The first-order valence-corrected chi connectivity index (χ1v) is 9.09. The smallest absolute Gasteiger partial charge is 0.251 e. The van der Waals surface area contributed by atoms with Crippen molar-refractivity contribution in [1.82, 2.24) is 15.5 Å². The molecule has 0 unspecified atom stereocenters. The minimum absolute atomic E-state index is 0.0285. The quantitative estimate of drug-likeness (QED) is 0.803. The molecule has 1 aromatic rings. The van der Waals surface area contributed by atoms with E-state index < -0.39 is 0 Å². The van der Waals surface area contributed by atoms with Gasteiger partial charge < -0.3 is 15.5 Å². The lowest BCUT2D eigenvalue weighted by Crippen LogP contribution is -2.34. The third kappa shape index (κ3) is 4.57. The van der Waals surface area contributed by atoms with Gasteiger partial charge in [0.05, 0.1) is 0 Å². The molecule has 1 aliphatic heterocycles. The number of benzene rings is 1. The van der Waals surface area contributed by atoms with Gasteiger partial charge in [-0.2, -0.15) is 0 Å². The van der Waals surface area contributed by atoms with Crippen LogP contribution in [0.2, 0.25) is 0 Å². The third-order valence-corrected chi connectivity index (χ3v) is 5.07. The highest BCUT2D eigenvalue weighted by molar-refractivity contribution is 5.94. The highest BCUT2D eigenvalue weighted by atomic mass is 16.2. The maximum Gasteiger partial charge on any atom is 0.251 e. The van der Waals surface area contributed by atoms with Gasteiger partial charge >= 0.3 is 0 Å². The minimum atomic E-state index is -0.0285. The second kappa shape index (κ2) is 8.29. The maximum atomic E-state index is 12.1. The van der Waals surface area contributed by atoms with Gasteiger partial charge in [-0.3, -0.25) is 9.59 Å². The standard InChI is InChI=1S/C19H27N3O2/c23-18(20-10-13-22-11-1-2-12-22)17-8-6-15(7-9-17)14-21-19(24)16-4-3-5-16/h6-9,16H,1-5,10-14H2,(H,20,23)(H,21,24). The second-order valence-electron chi connectivity index (χ2n) is 6.85. The predicted octanol–water partition coefficient (Wildman–Crippen LogP) is 1.93. The number of hydrogen-bond donors (Lipinski definition) is 2. The first-order chi connectivity index (χ1) is 11.7. The topological polar surface area (TPSA) is 61.4 Å². The Morgan fingerprint density at radius 2 is 1.71 bits per heavy atom. The number of carbonyl (C=O) groups is 2. The van der Waals surface area contributed by atoms with E-state index >= 15 is 0 Å². The fraction of sp³-hybridized carbons (Fsp3) is 0.579. The van der Waals surface area contributed by atoms with Gasteiger partial charge in [-0.05, 0) is 56.5 Å². The van der Waals surface area contributed by atoms with E-state index in [2.05, 4.69) is 15.5 Å². The van der Waals surface area contributed by atoms with Crippen molar-refractivity contribution in [2.45, 2.75) is 38.6 Å². The Morgan fingerprint density at radius 1 is 1.00 bits per heavy atom. The molecular weight excluding hydrogens is 302 g/mol. The minimum Gasteiger partial charge on any atom is -0.352 e. The molecule has 0 bridgehead atoms. The molecule has 3 rings (SSSR count). The summed E-state index contributed by atoms with van der Waals surface area (Å²) in [6.07, 6.45) is 5.74. The van der Waals surface area contributed by atoms with E-state index in [1.165, 1.54) is 19.3 Å². The van der Waals surface area contributed by atoms with Crippen molar-refractivity contribution in [1.29, 1.82) is 0 Å². The zero-order valence-corrected chi connectivity index (χ0v) is 14.2. The molecule has 0 radical (unpaired) electrons. The summed E-state index contributed by atoms with van der Waals surface area (Å²) in [4.78, 5) is 26.3. The van der Waals surface area contributed by atoms with Crippen LogP contribution in [-0.4, -0.2) is 42.9 Å². The van der Waals surface area contributed by atoms with Crippen molar-refractivity contribution in [2.24, 2.45) is 5.92 Å². The molecule has 0 aromatic heterocycles. The zero-order chi connectivity index (χ0) is 16.8. The monoisotopic (exact) mass is 329 g/mol. The Balaban J connectivity index is 1.39. The SMILES string of the molecule is O=C(NCCN1CCCC1)c1ccc(CNC(=O)C2CCC2)cc1. The molecule has 5 nitrogen and oxygen atoms in total. The predicted molar refractivity (Wildman–Crippen MR) is 93.6 cm³/mol. The summed E-state index contributed by atoms with van der Waals surface area (Å²) in [5.74, 6) is 0.342. The van der Waals surface area contributed by atoms with Crippen molar-refractivity contribution >= 4 is 11.8 Å². The number of carbonyl (C=O) groups excluding carboxylic acids is 2. The molecule has 130 valence electrons. The first kappa shape index (κ1) is 17.0. The van der Waals surface area contributed by atoms with E-state index in [1.54, 1.807) is 0 Å². The lowest BCUT2D eigenvalue weighted by atomic mass is 9.85. The largest absolute Gasteiger partial charge is 0.352 e. The number of nitrogens with one attached hydrogen (secondary N) is 2. The van der Waals surface area contributed by atoms with Crippen LogP contribution in [0.25, 0.3) is 0 Å². The fourth-order valence-electron chi connectivity index (χ4n) is 3.21. The van der Waals surface area contributed by atoms with E-state index in [0.29, 0.717) is 18.7 Å². The molecule has 1 saturated carbocycles. The van der Waals surface area contributed by atoms with Gasteiger partial charge in [-0.25, -0.2) is 0 Å². The van der Waals surface area contributed by atoms with Crippen molar-refractivity contribution < 1.29 is 9.59 Å². The number of hydrogen-bond acceptors (Lipinski definition) is 3. The molecular formula is C19H27N3O2. The van der Waals surface area contributed by atoms with Crippen molar-refractivity contribution in [3.63, 3.8) is 0 Å². The molecule has 24 heavy (non-hydrogen) atoms. The maximum absolute atomic E-state index is 12.1. The third-order valence-electron chi connectivity index (χ3n) is 5.07. The van der Waals surface area contributed by atoms with Crippen molar-refractivity contribution in [3.8, 4) is 0 Å². The van der Waals surface area contributed by atoms with Gasteiger partial charge in [0.25, 0.3) is 5.91 Å². The highest BCUT2D eigenvalue weighted by Gasteiger charge is 2.24. The summed E-state index contributed by atoms with van der Waals surface area (Å²) in [5, 5.41) is 5.95. The van der Waals surface area contributed by atoms with E-state index in [0.717, 1.165) is 38.0 Å². The van der Waals surface area contributed by atoms with Crippen LogP contribution in [0.5, 0.6) is 0 Å².